The Kier molecular flexibility index (Phi) is 0.778. The lowest BCUT2D eigenvalue weighted by Crippen LogP contribution is -2.49. The predicted octanol–water partition coefficient (Wildman–Crippen LogP) is -1.28. The number of nitrogens with one attached hydrogen (secondary N) is 1. The molecule has 0 saturated carbocycles. The third kappa shape index (κ3) is 0.535. The van der Waals surface area contributed by atoms with Crippen LogP contribution in [0, 0.1) is 0 Å². The second kappa shape index (κ2) is 1.39. The molecular weight excluding hydrogens is 118 g/mol. The average molecular weight is 127 g/mol. The third-order valence-electron chi connectivity index (χ3n) is 1.96. The van der Waals surface area contributed by atoms with Crippen molar-refractivity contribution in [1.82, 2.24) is 10.2 Å². The maximum Gasteiger partial charge on any atom is 0.317 e. The monoisotopic (exact) mass is 127 g/mol. The van der Waals surface area contributed by atoms with E-state index in [1.165, 1.54) is 0 Å². The first-order valence-corrected chi connectivity index (χ1v) is 3.08. The van der Waals surface area contributed by atoms with E-state index in [0.29, 0.717) is 0 Å². The summed E-state index contributed by atoms with van der Waals surface area (Å²) in [6.45, 7) is 1.54. The normalized spacial score (nSPS) is 39.7. The summed E-state index contributed by atoms with van der Waals surface area (Å²) in [5.74, 6) is 0. The van der Waals surface area contributed by atoms with Crippen molar-refractivity contribution in [2.75, 3.05) is 13.1 Å². The van der Waals surface area contributed by atoms with Gasteiger partial charge in [0.05, 0.1) is 6.04 Å². The van der Waals surface area contributed by atoms with Crippen LogP contribution in [0.2, 0.25) is 0 Å². The van der Waals surface area contributed by atoms with E-state index in [9.17, 15) is 4.79 Å². The predicted molar refractivity (Wildman–Crippen MR) is 31.9 cm³/mol. The molecule has 0 aromatic carbocycles. The van der Waals surface area contributed by atoms with Gasteiger partial charge in [0.15, 0.2) is 0 Å². The lowest BCUT2D eigenvalue weighted by atomic mass is 10.2. The molecule has 2 saturated heterocycles. The number of hydrogen-bond donors (Lipinski definition) is 2. The van der Waals surface area contributed by atoms with Gasteiger partial charge in [0, 0.05) is 19.1 Å². The van der Waals surface area contributed by atoms with Gasteiger partial charge in [0.2, 0.25) is 0 Å². The average Bonchev–Trinajstić information content (AvgIpc) is 2.24. The van der Waals surface area contributed by atoms with Crippen LogP contribution in [-0.4, -0.2) is 36.1 Å². The van der Waals surface area contributed by atoms with Crippen LogP contribution in [0.15, 0.2) is 0 Å². The molecule has 0 spiro atoms. The van der Waals surface area contributed by atoms with Crippen LogP contribution >= 0.6 is 0 Å². The summed E-state index contributed by atoms with van der Waals surface area (Å²) in [7, 11) is 0. The largest absolute Gasteiger partial charge is 0.332 e. The van der Waals surface area contributed by atoms with Gasteiger partial charge < -0.3 is 16.0 Å². The van der Waals surface area contributed by atoms with E-state index in [1.54, 1.807) is 4.90 Å². The van der Waals surface area contributed by atoms with Gasteiger partial charge in [0.25, 0.3) is 0 Å². The van der Waals surface area contributed by atoms with Gasteiger partial charge in [-0.25, -0.2) is 4.79 Å². The van der Waals surface area contributed by atoms with Crippen LogP contribution in [0.4, 0.5) is 4.79 Å². The summed E-state index contributed by atoms with van der Waals surface area (Å²) in [6, 6.07) is 0.418. The van der Waals surface area contributed by atoms with E-state index in [-0.39, 0.29) is 18.1 Å². The summed E-state index contributed by atoms with van der Waals surface area (Å²) >= 11 is 0. The minimum absolute atomic E-state index is 0.0432. The highest BCUT2D eigenvalue weighted by Crippen LogP contribution is 2.14. The molecule has 3 N–H and O–H groups in total. The first kappa shape index (κ1) is 5.05. The van der Waals surface area contributed by atoms with Crippen molar-refractivity contribution in [3.63, 3.8) is 0 Å². The van der Waals surface area contributed by atoms with Crippen molar-refractivity contribution in [1.29, 1.82) is 0 Å². The molecule has 4 heteroatoms. The highest BCUT2D eigenvalue weighted by atomic mass is 16.2. The Morgan fingerprint density at radius 3 is 2.78 bits per heavy atom. The highest BCUT2D eigenvalue weighted by Gasteiger charge is 2.40. The van der Waals surface area contributed by atoms with Gasteiger partial charge >= 0.3 is 6.03 Å². The van der Waals surface area contributed by atoms with E-state index >= 15 is 0 Å². The van der Waals surface area contributed by atoms with E-state index < -0.39 is 0 Å². The van der Waals surface area contributed by atoms with Gasteiger partial charge in [-0.2, -0.15) is 0 Å². The number of carbonyl (C=O) groups is 1. The molecule has 0 radical (unpaired) electrons. The van der Waals surface area contributed by atoms with Crippen molar-refractivity contribution in [2.24, 2.45) is 5.73 Å². The molecule has 2 aliphatic rings. The van der Waals surface area contributed by atoms with Gasteiger partial charge in [0.1, 0.15) is 0 Å². The van der Waals surface area contributed by atoms with Gasteiger partial charge in [-0.3, -0.25) is 0 Å². The van der Waals surface area contributed by atoms with Crippen molar-refractivity contribution in [2.45, 2.75) is 12.1 Å². The molecule has 9 heavy (non-hydrogen) atoms. The first-order valence-electron chi connectivity index (χ1n) is 3.08. The summed E-state index contributed by atoms with van der Waals surface area (Å²) in [6.07, 6.45) is 0. The number of hydrogen-bond acceptors (Lipinski definition) is 2. The maximum atomic E-state index is 10.7. The zero-order chi connectivity index (χ0) is 6.43. The molecule has 0 aromatic rings. The first-order chi connectivity index (χ1) is 4.27. The topological polar surface area (TPSA) is 58.4 Å². The summed E-state index contributed by atoms with van der Waals surface area (Å²) in [5, 5.41) is 2.77. The molecule has 2 heterocycles. The molecule has 2 unspecified atom stereocenters. The molecule has 0 aromatic heterocycles. The number of nitrogens with zero attached hydrogens (tertiary/aromatic N) is 1. The minimum atomic E-state index is 0.0432. The highest BCUT2D eigenvalue weighted by molar-refractivity contribution is 5.78. The summed E-state index contributed by atoms with van der Waals surface area (Å²) in [4.78, 5) is 12.5. The van der Waals surface area contributed by atoms with E-state index in [1.807, 2.05) is 0 Å². The van der Waals surface area contributed by atoms with Crippen LogP contribution in [0.1, 0.15) is 0 Å². The Bertz CT molecular complexity index is 156. The molecule has 50 valence electrons. The van der Waals surface area contributed by atoms with Crippen LogP contribution in [0.5, 0.6) is 0 Å². The Labute approximate surface area is 53.0 Å². The molecule has 2 amide bonds. The van der Waals surface area contributed by atoms with Crippen molar-refractivity contribution in [3.05, 3.63) is 0 Å². The van der Waals surface area contributed by atoms with Crippen molar-refractivity contribution in [3.8, 4) is 0 Å². The molecule has 2 bridgehead atoms. The summed E-state index contributed by atoms with van der Waals surface area (Å²) in [5.41, 5.74) is 5.63. The SMILES string of the molecule is NC1CN2CC1NC2=O. The van der Waals surface area contributed by atoms with E-state index in [2.05, 4.69) is 5.32 Å². The second-order valence-electron chi connectivity index (χ2n) is 2.62. The van der Waals surface area contributed by atoms with Crippen LogP contribution in [-0.2, 0) is 0 Å². The van der Waals surface area contributed by atoms with Crippen molar-refractivity contribution >= 4 is 6.03 Å². The van der Waals surface area contributed by atoms with Gasteiger partial charge in [-0.05, 0) is 0 Å². The Balaban J connectivity index is 2.19. The van der Waals surface area contributed by atoms with E-state index in [4.69, 9.17) is 5.73 Å². The number of urea groups is 1. The minimum Gasteiger partial charge on any atom is -0.332 e. The number of fused-ring (bicyclic) bond motifs is 2. The Morgan fingerprint density at radius 2 is 2.44 bits per heavy atom. The van der Waals surface area contributed by atoms with E-state index in [0.717, 1.165) is 13.1 Å². The lowest BCUT2D eigenvalue weighted by Gasteiger charge is -2.18. The molecule has 2 atom stereocenters. The molecule has 2 fully saturated rings. The fourth-order valence-corrected chi connectivity index (χ4v) is 1.40. The smallest absolute Gasteiger partial charge is 0.317 e. The fraction of sp³-hybridized carbons (Fsp3) is 0.800. The Morgan fingerprint density at radius 1 is 1.67 bits per heavy atom. The molecular formula is C5H9N3O. The second-order valence-corrected chi connectivity index (χ2v) is 2.62. The standard InChI is InChI=1S/C5H9N3O/c6-3-1-8-2-4(3)7-5(8)9/h3-4H,1-2,6H2,(H,7,9). The number of carbonyl (C=O) groups excluding carboxylic acids is 1. The van der Waals surface area contributed by atoms with Gasteiger partial charge in [-0.15, -0.1) is 0 Å². The van der Waals surface area contributed by atoms with Crippen LogP contribution < -0.4 is 11.1 Å². The van der Waals surface area contributed by atoms with Crippen LogP contribution in [0.25, 0.3) is 0 Å². The molecule has 0 aliphatic carbocycles. The number of amides is 2. The summed E-state index contributed by atoms with van der Waals surface area (Å²) < 4.78 is 0. The molecule has 2 aliphatic heterocycles. The number of rotatable bonds is 0. The fourth-order valence-electron chi connectivity index (χ4n) is 1.40. The zero-order valence-corrected chi connectivity index (χ0v) is 5.00. The lowest BCUT2D eigenvalue weighted by molar-refractivity contribution is 0.214. The number of nitrogens with two attached hydrogens (primary N) is 1. The van der Waals surface area contributed by atoms with Gasteiger partial charge in [-0.1, -0.05) is 0 Å². The zero-order valence-electron chi connectivity index (χ0n) is 5.00. The maximum absolute atomic E-state index is 10.7. The van der Waals surface area contributed by atoms with Crippen molar-refractivity contribution < 1.29 is 4.79 Å². The third-order valence-corrected chi connectivity index (χ3v) is 1.96. The quantitative estimate of drug-likeness (QED) is 0.426. The molecule has 2 rings (SSSR count). The van der Waals surface area contributed by atoms with Crippen LogP contribution in [0.3, 0.4) is 0 Å². The molecule has 4 nitrogen and oxygen atoms in total. The Hall–Kier alpha value is -0.770.